The Balaban J connectivity index is 1.53. The van der Waals surface area contributed by atoms with Crippen LogP contribution in [0.25, 0.3) is 0 Å². The Morgan fingerprint density at radius 1 is 1.00 bits per heavy atom. The zero-order valence-electron chi connectivity index (χ0n) is 20.5. The summed E-state index contributed by atoms with van der Waals surface area (Å²) in [6.45, 7) is 10.9. The number of carbonyl (C=O) groups is 1. The normalized spacial score (nSPS) is 20.3. The molecule has 0 saturated heterocycles. The molecule has 0 heterocycles. The first kappa shape index (κ1) is 25.0. The average molecular weight is 440 g/mol. The van der Waals surface area contributed by atoms with Gasteiger partial charge in [0.2, 0.25) is 0 Å². The van der Waals surface area contributed by atoms with Gasteiger partial charge < -0.3 is 4.74 Å². The van der Waals surface area contributed by atoms with Crippen LogP contribution in [0.3, 0.4) is 0 Å². The van der Waals surface area contributed by atoms with Gasteiger partial charge in [-0.2, -0.15) is 0 Å². The minimum Gasteiger partial charge on any atom is -0.423 e. The number of carbonyl (C=O) groups excluding carboxylic acids is 1. The Kier molecular flexibility index (Phi) is 8.72. The molecule has 0 aliphatic heterocycles. The molecule has 0 atom stereocenters. The Morgan fingerprint density at radius 3 is 2.36 bits per heavy atom. The van der Waals surface area contributed by atoms with Crippen LogP contribution in [0.1, 0.15) is 59.4 Å². The maximum absolute atomic E-state index is 12.2. The largest absolute Gasteiger partial charge is 0.423 e. The molecule has 1 saturated carbocycles. The van der Waals surface area contributed by atoms with E-state index in [1.54, 1.807) is 0 Å². The number of hydrogen-bond donors (Lipinski definition) is 0. The fourth-order valence-corrected chi connectivity index (χ4v) is 4.29. The number of ether oxygens (including phenoxy) is 1. The summed E-state index contributed by atoms with van der Waals surface area (Å²) in [5.74, 6) is 1.32. The second-order valence-electron chi connectivity index (χ2n) is 9.54. The lowest BCUT2D eigenvalue weighted by atomic mass is 9.72. The fourth-order valence-electron chi connectivity index (χ4n) is 4.29. The van der Waals surface area contributed by atoms with Crippen LogP contribution >= 0.6 is 0 Å². The van der Waals surface area contributed by atoms with Gasteiger partial charge in [0, 0.05) is 12.0 Å². The number of rotatable bonds is 7. The number of allylic oxidation sites excluding steroid dienone is 9. The minimum atomic E-state index is -0.374. The second kappa shape index (κ2) is 11.5. The highest BCUT2D eigenvalue weighted by Gasteiger charge is 2.26. The first-order chi connectivity index (χ1) is 15.7. The third-order valence-electron chi connectivity index (χ3n) is 6.19. The summed E-state index contributed by atoms with van der Waals surface area (Å²) >= 11 is 0. The van der Waals surface area contributed by atoms with Crippen molar-refractivity contribution in [2.24, 2.45) is 5.41 Å². The third-order valence-corrected chi connectivity index (χ3v) is 6.19. The van der Waals surface area contributed by atoms with E-state index in [2.05, 4.69) is 58.8 Å². The van der Waals surface area contributed by atoms with Crippen LogP contribution in [-0.4, -0.2) is 5.97 Å². The smallest absolute Gasteiger partial charge is 0.336 e. The molecule has 0 spiro atoms. The quantitative estimate of drug-likeness (QED) is 0.187. The van der Waals surface area contributed by atoms with Gasteiger partial charge in [0.25, 0.3) is 0 Å². The molecular formula is C31H35O2. The molecular weight excluding hydrogens is 404 g/mol. The van der Waals surface area contributed by atoms with E-state index in [0.29, 0.717) is 5.75 Å². The molecule has 1 fully saturated rings. The monoisotopic (exact) mass is 439 g/mol. The van der Waals surface area contributed by atoms with Crippen molar-refractivity contribution >= 4 is 5.97 Å². The topological polar surface area (TPSA) is 26.3 Å². The van der Waals surface area contributed by atoms with E-state index in [4.69, 9.17) is 4.74 Å². The van der Waals surface area contributed by atoms with Gasteiger partial charge in [0.1, 0.15) is 5.75 Å². The van der Waals surface area contributed by atoms with Crippen LogP contribution in [0, 0.1) is 37.0 Å². The van der Waals surface area contributed by atoms with E-state index >= 15 is 0 Å². The van der Waals surface area contributed by atoms with Gasteiger partial charge in [-0.3, -0.25) is 0 Å². The first-order valence-corrected chi connectivity index (χ1v) is 11.7. The Morgan fingerprint density at radius 2 is 1.70 bits per heavy atom. The van der Waals surface area contributed by atoms with E-state index in [1.807, 2.05) is 56.2 Å². The van der Waals surface area contributed by atoms with E-state index < -0.39 is 0 Å². The van der Waals surface area contributed by atoms with Crippen molar-refractivity contribution in [2.45, 2.75) is 53.9 Å². The zero-order valence-corrected chi connectivity index (χ0v) is 20.5. The summed E-state index contributed by atoms with van der Waals surface area (Å²) in [5, 5.41) is 0. The lowest BCUT2D eigenvalue weighted by Crippen LogP contribution is -2.19. The van der Waals surface area contributed by atoms with Crippen molar-refractivity contribution in [1.29, 1.82) is 0 Å². The molecule has 2 nitrogen and oxygen atoms in total. The Hall–Kier alpha value is -2.61. The molecule has 2 aliphatic carbocycles. The molecule has 5 radical (unpaired) electrons. The highest BCUT2D eigenvalue weighted by atomic mass is 16.5. The average Bonchev–Trinajstić information content (AvgIpc) is 3.28. The molecule has 0 unspecified atom stereocenters. The van der Waals surface area contributed by atoms with Gasteiger partial charge in [-0.1, -0.05) is 67.5 Å². The molecule has 33 heavy (non-hydrogen) atoms. The van der Waals surface area contributed by atoms with Crippen molar-refractivity contribution in [3.8, 4) is 5.75 Å². The predicted molar refractivity (Wildman–Crippen MR) is 138 cm³/mol. The summed E-state index contributed by atoms with van der Waals surface area (Å²) in [4.78, 5) is 12.2. The maximum atomic E-state index is 12.2. The fraction of sp³-hybridized carbons (Fsp3) is 0.290. The summed E-state index contributed by atoms with van der Waals surface area (Å²) in [5.41, 5.74) is 6.33. The summed E-state index contributed by atoms with van der Waals surface area (Å²) in [6, 6.07) is 7.56. The third kappa shape index (κ3) is 7.45. The van der Waals surface area contributed by atoms with Crippen LogP contribution in [0.2, 0.25) is 0 Å². The Bertz CT molecular complexity index is 974. The molecule has 171 valence electrons. The SMILES string of the molecule is CC1=C(/C=C/C(C)=C/C=C/C(C)=C/C(=O)Oc2ccc([C]3[CH][CH][CH][CH]3)cc2)C(C)(C)CCC1. The lowest BCUT2D eigenvalue weighted by molar-refractivity contribution is -0.129. The van der Waals surface area contributed by atoms with Crippen molar-refractivity contribution in [1.82, 2.24) is 0 Å². The predicted octanol–water partition coefficient (Wildman–Crippen LogP) is 7.88. The molecule has 0 N–H and O–H groups in total. The molecule has 0 aromatic heterocycles. The highest BCUT2D eigenvalue weighted by Crippen LogP contribution is 2.40. The highest BCUT2D eigenvalue weighted by molar-refractivity contribution is 5.85. The lowest BCUT2D eigenvalue weighted by Gasteiger charge is -2.32. The molecule has 2 aliphatic rings. The van der Waals surface area contributed by atoms with Crippen LogP contribution in [0.15, 0.2) is 83.0 Å². The van der Waals surface area contributed by atoms with Gasteiger partial charge in [-0.15, -0.1) is 0 Å². The van der Waals surface area contributed by atoms with Crippen molar-refractivity contribution in [3.63, 3.8) is 0 Å². The van der Waals surface area contributed by atoms with Crippen LogP contribution in [0.5, 0.6) is 5.75 Å². The van der Waals surface area contributed by atoms with Crippen LogP contribution < -0.4 is 4.74 Å². The van der Waals surface area contributed by atoms with Crippen LogP contribution in [0.4, 0.5) is 0 Å². The summed E-state index contributed by atoms with van der Waals surface area (Å²) in [7, 11) is 0. The van der Waals surface area contributed by atoms with Gasteiger partial charge in [-0.05, 0) is 100.0 Å². The molecule has 2 heteroatoms. The molecule has 1 aromatic rings. The number of esters is 1. The van der Waals surface area contributed by atoms with Crippen molar-refractivity contribution in [2.75, 3.05) is 0 Å². The molecule has 0 amide bonds. The maximum Gasteiger partial charge on any atom is 0.336 e. The minimum absolute atomic E-state index is 0.248. The number of benzene rings is 1. The first-order valence-electron chi connectivity index (χ1n) is 11.7. The second-order valence-corrected chi connectivity index (χ2v) is 9.54. The summed E-state index contributed by atoms with van der Waals surface area (Å²) < 4.78 is 5.44. The summed E-state index contributed by atoms with van der Waals surface area (Å²) in [6.07, 6.45) is 23.8. The van der Waals surface area contributed by atoms with E-state index in [0.717, 1.165) is 17.1 Å². The number of hydrogen-bond acceptors (Lipinski definition) is 2. The van der Waals surface area contributed by atoms with Gasteiger partial charge in [-0.25, -0.2) is 4.79 Å². The molecule has 0 bridgehead atoms. The zero-order chi connectivity index (χ0) is 23.8. The molecule has 3 rings (SSSR count). The van der Waals surface area contributed by atoms with Gasteiger partial charge in [0.05, 0.1) is 0 Å². The van der Waals surface area contributed by atoms with E-state index in [1.165, 1.54) is 42.1 Å². The van der Waals surface area contributed by atoms with Crippen molar-refractivity contribution in [3.05, 3.63) is 120 Å². The van der Waals surface area contributed by atoms with E-state index in [-0.39, 0.29) is 11.4 Å². The van der Waals surface area contributed by atoms with Gasteiger partial charge in [0.15, 0.2) is 0 Å². The standard InChI is InChI=1S/C31H35O2/c1-23(15-20-29-25(3)12-9-21-31(29,4)5)10-8-11-24(2)22-30(32)33-28-18-16-27(17-19-28)26-13-6-7-14-26/h6-8,10-11,13-20,22H,9,12,21H2,1-5H3/b11-8+,20-15+,23-10+,24-22+. The Labute approximate surface area is 200 Å². The van der Waals surface area contributed by atoms with Crippen LogP contribution in [-0.2, 0) is 4.79 Å². The van der Waals surface area contributed by atoms with Gasteiger partial charge >= 0.3 is 5.97 Å². The van der Waals surface area contributed by atoms with E-state index in [9.17, 15) is 4.79 Å². The molecule has 1 aromatic carbocycles. The van der Waals surface area contributed by atoms with Crippen molar-refractivity contribution < 1.29 is 9.53 Å².